The number of carbonyl (C=O) groups is 1. The number of aryl methyl sites for hydroxylation is 2. The highest BCUT2D eigenvalue weighted by atomic mass is 32.2. The number of pyridine rings is 3. The second kappa shape index (κ2) is 12.5. The van der Waals surface area contributed by atoms with Crippen molar-refractivity contribution in [1.82, 2.24) is 28.9 Å². The fourth-order valence-electron chi connectivity index (χ4n) is 6.18. The van der Waals surface area contributed by atoms with E-state index < -0.39 is 39.5 Å². The molecule has 6 heterocycles. The van der Waals surface area contributed by atoms with Crippen LogP contribution >= 0.6 is 0 Å². The smallest absolute Gasteiger partial charge is 0.452 e. The Hall–Kier alpha value is -4.15. The van der Waals surface area contributed by atoms with Crippen molar-refractivity contribution >= 4 is 21.6 Å². The lowest BCUT2D eigenvalue weighted by Gasteiger charge is -2.38. The van der Waals surface area contributed by atoms with Gasteiger partial charge in [0.1, 0.15) is 10.5 Å². The molecule has 0 bridgehead atoms. The van der Waals surface area contributed by atoms with Gasteiger partial charge in [0.15, 0.2) is 5.65 Å². The predicted octanol–water partition coefficient (Wildman–Crippen LogP) is 4.37. The monoisotopic (exact) mass is 674 g/mol. The number of hydrogen-bond donors (Lipinski definition) is 0. The molecule has 0 aliphatic carbocycles. The molecule has 0 amide bonds. The van der Waals surface area contributed by atoms with Crippen molar-refractivity contribution in [2.45, 2.75) is 69.2 Å². The van der Waals surface area contributed by atoms with Crippen molar-refractivity contribution in [2.24, 2.45) is 0 Å². The predicted molar refractivity (Wildman–Crippen MR) is 160 cm³/mol. The van der Waals surface area contributed by atoms with Crippen LogP contribution in [0.15, 0.2) is 47.8 Å². The molecular formula is C31H33F3N6O6S. The SMILES string of the molecule is CCOC(=O)C[C@@H](c1cnc(C)c(CN2CC3(CCOCC3)Oc3ncccc3S2(=O)=O)c1)c1ccn2c(C(F)(F)F)nnc2c1C. The first kappa shape index (κ1) is 32.8. The van der Waals surface area contributed by atoms with Crippen LogP contribution < -0.4 is 4.74 Å². The minimum absolute atomic E-state index is 0.00586. The van der Waals surface area contributed by atoms with Crippen LogP contribution in [-0.4, -0.2) is 75.2 Å². The summed E-state index contributed by atoms with van der Waals surface area (Å²) in [5, 5.41) is 7.15. The topological polar surface area (TPSA) is 138 Å². The zero-order valence-electron chi connectivity index (χ0n) is 26.0. The van der Waals surface area contributed by atoms with Crippen LogP contribution in [0, 0.1) is 13.8 Å². The molecule has 0 unspecified atom stereocenters. The van der Waals surface area contributed by atoms with E-state index in [1.54, 1.807) is 39.1 Å². The number of sulfonamides is 1. The summed E-state index contributed by atoms with van der Waals surface area (Å²) in [6.07, 6.45) is 0.365. The molecule has 0 N–H and O–H groups in total. The van der Waals surface area contributed by atoms with E-state index in [1.165, 1.54) is 28.8 Å². The zero-order chi connectivity index (χ0) is 33.6. The summed E-state index contributed by atoms with van der Waals surface area (Å²) in [6.45, 7) is 5.99. The van der Waals surface area contributed by atoms with Gasteiger partial charge in [-0.25, -0.2) is 13.4 Å². The first-order chi connectivity index (χ1) is 22.3. The van der Waals surface area contributed by atoms with E-state index in [4.69, 9.17) is 14.2 Å². The van der Waals surface area contributed by atoms with E-state index in [0.29, 0.717) is 54.0 Å². The molecule has 1 atom stereocenters. The number of ether oxygens (including phenoxy) is 3. The molecule has 4 aromatic heterocycles. The van der Waals surface area contributed by atoms with Crippen molar-refractivity contribution in [3.8, 4) is 5.88 Å². The summed E-state index contributed by atoms with van der Waals surface area (Å²) >= 11 is 0. The van der Waals surface area contributed by atoms with Gasteiger partial charge < -0.3 is 14.2 Å². The van der Waals surface area contributed by atoms with Crippen molar-refractivity contribution in [2.75, 3.05) is 26.4 Å². The third kappa shape index (κ3) is 6.28. The van der Waals surface area contributed by atoms with Gasteiger partial charge in [-0.2, -0.15) is 17.5 Å². The van der Waals surface area contributed by atoms with Gasteiger partial charge in [0, 0.05) is 49.6 Å². The molecule has 0 aromatic carbocycles. The van der Waals surface area contributed by atoms with E-state index in [2.05, 4.69) is 20.2 Å². The standard InChI is InChI=1S/C31H33F3N6O6S/c1-4-45-26(41)15-24(23-7-11-40-27(19(23)2)37-38-29(40)31(32,33)34)21-14-22(20(3)36-16-21)17-39-18-30(8-12-44-13-9-30)46-28-25(47(39,42)43)6-5-10-35-28/h5-7,10-11,14,16,24H,4,8-9,12-13,15,17-18H2,1-3H3/t24-/m0/s1. The Labute approximate surface area is 268 Å². The maximum atomic E-state index is 14.1. The van der Waals surface area contributed by atoms with Crippen LogP contribution in [0.3, 0.4) is 0 Å². The lowest BCUT2D eigenvalue weighted by Crippen LogP contribution is -2.50. The van der Waals surface area contributed by atoms with Gasteiger partial charge in [-0.1, -0.05) is 6.07 Å². The molecule has 250 valence electrons. The third-order valence-electron chi connectivity index (χ3n) is 8.67. The van der Waals surface area contributed by atoms with Crippen LogP contribution in [0.2, 0.25) is 0 Å². The highest BCUT2D eigenvalue weighted by Gasteiger charge is 2.45. The van der Waals surface area contributed by atoms with Crippen LogP contribution in [0.25, 0.3) is 5.65 Å². The normalized spacial score (nSPS) is 18.3. The quantitative estimate of drug-likeness (QED) is 0.260. The minimum Gasteiger partial charge on any atom is -0.468 e. The van der Waals surface area contributed by atoms with E-state index in [0.717, 1.165) is 4.40 Å². The van der Waals surface area contributed by atoms with Crippen LogP contribution in [-0.2, 0) is 37.0 Å². The Morgan fingerprint density at radius 3 is 2.64 bits per heavy atom. The maximum Gasteiger partial charge on any atom is 0.452 e. The van der Waals surface area contributed by atoms with E-state index in [9.17, 15) is 26.4 Å². The molecule has 47 heavy (non-hydrogen) atoms. The molecule has 2 aliphatic heterocycles. The summed E-state index contributed by atoms with van der Waals surface area (Å²) in [5.41, 5.74) is 1.76. The molecule has 4 aromatic rings. The summed E-state index contributed by atoms with van der Waals surface area (Å²) in [6, 6.07) is 6.29. The van der Waals surface area contributed by atoms with Gasteiger partial charge in [0.05, 0.1) is 32.8 Å². The Bertz CT molecular complexity index is 1930. The molecule has 6 rings (SSSR count). The van der Waals surface area contributed by atoms with Crippen LogP contribution in [0.5, 0.6) is 5.88 Å². The number of alkyl halides is 3. The number of aromatic nitrogens is 5. The number of nitrogens with zero attached hydrogens (tertiary/aromatic N) is 6. The summed E-state index contributed by atoms with van der Waals surface area (Å²) in [5.74, 6) is -2.34. The highest BCUT2D eigenvalue weighted by Crippen LogP contribution is 2.39. The average Bonchev–Trinajstić information content (AvgIpc) is 3.45. The van der Waals surface area contributed by atoms with Crippen molar-refractivity contribution in [3.63, 3.8) is 0 Å². The Balaban J connectivity index is 1.42. The maximum absolute atomic E-state index is 14.1. The fourth-order valence-corrected chi connectivity index (χ4v) is 7.73. The largest absolute Gasteiger partial charge is 0.468 e. The second-order valence-corrected chi connectivity index (χ2v) is 13.6. The number of carbonyl (C=O) groups excluding carboxylic acids is 1. The summed E-state index contributed by atoms with van der Waals surface area (Å²) < 4.78 is 88.2. The molecule has 1 saturated heterocycles. The zero-order valence-corrected chi connectivity index (χ0v) is 26.8. The molecule has 0 radical (unpaired) electrons. The van der Waals surface area contributed by atoms with E-state index in [1.807, 2.05) is 0 Å². The Morgan fingerprint density at radius 1 is 1.15 bits per heavy atom. The lowest BCUT2D eigenvalue weighted by atomic mass is 9.86. The van der Waals surface area contributed by atoms with Gasteiger partial charge in [-0.05, 0) is 61.2 Å². The summed E-state index contributed by atoms with van der Waals surface area (Å²) in [4.78, 5) is 21.6. The minimum atomic E-state index is -4.72. The second-order valence-electron chi connectivity index (χ2n) is 11.7. The van der Waals surface area contributed by atoms with Crippen LogP contribution in [0.4, 0.5) is 13.2 Å². The number of halogens is 3. The molecule has 1 fully saturated rings. The van der Waals surface area contributed by atoms with Gasteiger partial charge >= 0.3 is 12.1 Å². The Kier molecular flexibility index (Phi) is 8.69. The highest BCUT2D eigenvalue weighted by molar-refractivity contribution is 7.89. The van der Waals surface area contributed by atoms with E-state index >= 15 is 0 Å². The Morgan fingerprint density at radius 2 is 1.91 bits per heavy atom. The number of esters is 1. The van der Waals surface area contributed by atoms with E-state index in [-0.39, 0.29) is 42.5 Å². The first-order valence-electron chi connectivity index (χ1n) is 15.1. The van der Waals surface area contributed by atoms with Gasteiger partial charge in [0.2, 0.25) is 21.7 Å². The van der Waals surface area contributed by atoms with Crippen LogP contribution in [0.1, 0.15) is 65.9 Å². The first-order valence-corrected chi connectivity index (χ1v) is 16.5. The number of fused-ring (bicyclic) bond motifs is 2. The molecule has 2 aliphatic rings. The molecule has 0 saturated carbocycles. The average molecular weight is 675 g/mol. The van der Waals surface area contributed by atoms with Crippen molar-refractivity contribution in [1.29, 1.82) is 0 Å². The van der Waals surface area contributed by atoms with Crippen molar-refractivity contribution in [3.05, 3.63) is 76.6 Å². The molecule has 1 spiro atoms. The van der Waals surface area contributed by atoms with Gasteiger partial charge in [-0.15, -0.1) is 10.2 Å². The molecule has 16 heteroatoms. The number of rotatable bonds is 7. The van der Waals surface area contributed by atoms with Crippen molar-refractivity contribution < 1.29 is 40.6 Å². The fraction of sp³-hybridized carbons (Fsp3) is 0.452. The molecule has 12 nitrogen and oxygen atoms in total. The van der Waals surface area contributed by atoms with Gasteiger partial charge in [0.25, 0.3) is 0 Å². The molecular weight excluding hydrogens is 641 g/mol. The lowest BCUT2D eigenvalue weighted by molar-refractivity contribution is -0.145. The third-order valence-corrected chi connectivity index (χ3v) is 10.5. The summed E-state index contributed by atoms with van der Waals surface area (Å²) in [7, 11) is -4.07. The van der Waals surface area contributed by atoms with Gasteiger partial charge in [-0.3, -0.25) is 14.2 Å². The number of hydrogen-bond acceptors (Lipinski definition) is 10.